The molecule has 2 unspecified atom stereocenters. The van der Waals surface area contributed by atoms with Gasteiger partial charge in [-0.1, -0.05) is 26.2 Å². The molecule has 1 aliphatic carbocycles. The normalized spacial score (nSPS) is 23.3. The highest BCUT2D eigenvalue weighted by atomic mass is 16.2. The van der Waals surface area contributed by atoms with E-state index in [1.54, 1.807) is 7.05 Å². The zero-order chi connectivity index (χ0) is 13.8. The average molecular weight is 264 g/mol. The summed E-state index contributed by atoms with van der Waals surface area (Å²) in [5, 5.41) is 6.93. The zero-order valence-corrected chi connectivity index (χ0v) is 11.9. The highest BCUT2D eigenvalue weighted by molar-refractivity contribution is 5.97. The van der Waals surface area contributed by atoms with E-state index in [9.17, 15) is 4.79 Å². The largest absolute Gasteiger partial charge is 0.396 e. The summed E-state index contributed by atoms with van der Waals surface area (Å²) in [6.07, 6.45) is 7.85. The molecule has 0 aliphatic heterocycles. The second-order valence-electron chi connectivity index (χ2n) is 5.75. The molecule has 0 radical (unpaired) electrons. The number of carbonyl (C=O) groups excluding carboxylic acids is 1. The fraction of sp³-hybridized carbons (Fsp3) is 0.714. The average Bonchev–Trinajstić information content (AvgIpc) is 2.69. The van der Waals surface area contributed by atoms with Crippen LogP contribution in [0.1, 0.15) is 49.5 Å². The predicted molar refractivity (Wildman–Crippen MR) is 75.7 cm³/mol. The third kappa shape index (κ3) is 3.49. The zero-order valence-electron chi connectivity index (χ0n) is 11.9. The van der Waals surface area contributed by atoms with Crippen LogP contribution in [0.15, 0.2) is 6.20 Å². The molecule has 0 spiro atoms. The van der Waals surface area contributed by atoms with Gasteiger partial charge >= 0.3 is 0 Å². The predicted octanol–water partition coefficient (Wildman–Crippen LogP) is 1.95. The summed E-state index contributed by atoms with van der Waals surface area (Å²) in [4.78, 5) is 12.0. The van der Waals surface area contributed by atoms with E-state index in [0.717, 1.165) is 24.8 Å². The first kappa shape index (κ1) is 13.9. The van der Waals surface area contributed by atoms with Gasteiger partial charge in [-0.05, 0) is 24.7 Å². The number of carbonyl (C=O) groups is 1. The fourth-order valence-corrected chi connectivity index (χ4v) is 3.03. The Morgan fingerprint density at radius 2 is 2.37 bits per heavy atom. The van der Waals surface area contributed by atoms with Crippen LogP contribution in [0.5, 0.6) is 0 Å². The van der Waals surface area contributed by atoms with Crippen LogP contribution in [-0.2, 0) is 7.05 Å². The van der Waals surface area contributed by atoms with E-state index in [4.69, 9.17) is 5.73 Å². The standard InChI is InChI=1S/C14H24N4O/c1-10-4-3-5-11(8-10)6-7-16-14(19)13-12(15)9-17-18(13)2/h9-11H,3-8,15H2,1-2H3,(H,16,19). The van der Waals surface area contributed by atoms with Gasteiger partial charge in [-0.25, -0.2) is 0 Å². The smallest absolute Gasteiger partial charge is 0.271 e. The maximum atomic E-state index is 12.0. The van der Waals surface area contributed by atoms with Crippen molar-refractivity contribution in [1.29, 1.82) is 0 Å². The van der Waals surface area contributed by atoms with Crippen LogP contribution in [0.3, 0.4) is 0 Å². The van der Waals surface area contributed by atoms with Crippen LogP contribution < -0.4 is 11.1 Å². The number of anilines is 1. The lowest BCUT2D eigenvalue weighted by molar-refractivity contribution is 0.0941. The number of nitrogen functional groups attached to an aromatic ring is 1. The van der Waals surface area contributed by atoms with Gasteiger partial charge in [0.05, 0.1) is 11.9 Å². The molecule has 0 saturated heterocycles. The van der Waals surface area contributed by atoms with E-state index >= 15 is 0 Å². The highest BCUT2D eigenvalue weighted by Crippen LogP contribution is 2.30. The van der Waals surface area contributed by atoms with Crippen LogP contribution >= 0.6 is 0 Å². The third-order valence-electron chi connectivity index (χ3n) is 4.07. The van der Waals surface area contributed by atoms with Crippen LogP contribution in [0, 0.1) is 11.8 Å². The quantitative estimate of drug-likeness (QED) is 0.873. The van der Waals surface area contributed by atoms with Gasteiger partial charge in [0.1, 0.15) is 5.69 Å². The summed E-state index contributed by atoms with van der Waals surface area (Å²) in [5.74, 6) is 1.47. The van der Waals surface area contributed by atoms with Crippen molar-refractivity contribution < 1.29 is 4.79 Å². The monoisotopic (exact) mass is 264 g/mol. The number of nitrogens with one attached hydrogen (secondary N) is 1. The minimum Gasteiger partial charge on any atom is -0.396 e. The Kier molecular flexibility index (Phi) is 4.45. The van der Waals surface area contributed by atoms with E-state index in [0.29, 0.717) is 11.4 Å². The van der Waals surface area contributed by atoms with Gasteiger partial charge in [0.15, 0.2) is 0 Å². The van der Waals surface area contributed by atoms with Crippen molar-refractivity contribution in [2.45, 2.75) is 39.0 Å². The van der Waals surface area contributed by atoms with Gasteiger partial charge in [-0.3, -0.25) is 9.48 Å². The summed E-state index contributed by atoms with van der Waals surface area (Å²) >= 11 is 0. The molecular weight excluding hydrogens is 240 g/mol. The Bertz CT molecular complexity index is 421. The topological polar surface area (TPSA) is 72.9 Å². The van der Waals surface area contributed by atoms with Gasteiger partial charge in [0.25, 0.3) is 5.91 Å². The second kappa shape index (κ2) is 6.08. The Morgan fingerprint density at radius 3 is 3.00 bits per heavy atom. The van der Waals surface area contributed by atoms with Crippen molar-refractivity contribution in [2.24, 2.45) is 18.9 Å². The minimum absolute atomic E-state index is 0.124. The number of aryl methyl sites for hydroxylation is 1. The molecule has 1 amide bonds. The molecule has 19 heavy (non-hydrogen) atoms. The molecule has 1 saturated carbocycles. The van der Waals surface area contributed by atoms with E-state index in [1.165, 1.54) is 36.6 Å². The molecule has 0 bridgehead atoms. The first-order valence-electron chi connectivity index (χ1n) is 7.13. The van der Waals surface area contributed by atoms with Gasteiger partial charge in [0, 0.05) is 13.6 Å². The maximum absolute atomic E-state index is 12.0. The number of hydrogen-bond donors (Lipinski definition) is 2. The van der Waals surface area contributed by atoms with Crippen molar-refractivity contribution in [3.63, 3.8) is 0 Å². The Balaban J connectivity index is 1.78. The van der Waals surface area contributed by atoms with Gasteiger partial charge in [0.2, 0.25) is 0 Å². The first-order valence-corrected chi connectivity index (χ1v) is 7.13. The second-order valence-corrected chi connectivity index (χ2v) is 5.75. The van der Waals surface area contributed by atoms with Gasteiger partial charge < -0.3 is 11.1 Å². The number of amides is 1. The molecule has 1 heterocycles. The van der Waals surface area contributed by atoms with Crippen molar-refractivity contribution in [2.75, 3.05) is 12.3 Å². The molecule has 1 aromatic heterocycles. The molecule has 5 nitrogen and oxygen atoms in total. The SMILES string of the molecule is CC1CCCC(CCNC(=O)c2c(N)cnn2C)C1. The van der Waals surface area contributed by atoms with Crippen molar-refractivity contribution in [3.8, 4) is 0 Å². The van der Waals surface area contributed by atoms with E-state index in [-0.39, 0.29) is 5.91 Å². The van der Waals surface area contributed by atoms with E-state index in [2.05, 4.69) is 17.3 Å². The number of nitrogens with zero attached hydrogens (tertiary/aromatic N) is 2. The number of hydrogen-bond acceptors (Lipinski definition) is 3. The van der Waals surface area contributed by atoms with Crippen LogP contribution in [0.25, 0.3) is 0 Å². The maximum Gasteiger partial charge on any atom is 0.271 e. The van der Waals surface area contributed by atoms with Gasteiger partial charge in [-0.15, -0.1) is 0 Å². The molecule has 2 atom stereocenters. The summed E-state index contributed by atoms with van der Waals surface area (Å²) in [7, 11) is 1.73. The molecule has 3 N–H and O–H groups in total. The molecule has 0 aromatic carbocycles. The van der Waals surface area contributed by atoms with Crippen LogP contribution in [0.2, 0.25) is 0 Å². The molecule has 2 rings (SSSR count). The van der Waals surface area contributed by atoms with Crippen LogP contribution in [0.4, 0.5) is 5.69 Å². The summed E-state index contributed by atoms with van der Waals surface area (Å²) in [6.45, 7) is 3.04. The number of nitrogens with two attached hydrogens (primary N) is 1. The lowest BCUT2D eigenvalue weighted by atomic mass is 9.81. The lowest BCUT2D eigenvalue weighted by Crippen LogP contribution is -2.29. The number of aromatic nitrogens is 2. The Labute approximate surface area is 114 Å². The minimum atomic E-state index is -0.124. The molecular formula is C14H24N4O. The van der Waals surface area contributed by atoms with Crippen molar-refractivity contribution >= 4 is 11.6 Å². The fourth-order valence-electron chi connectivity index (χ4n) is 3.03. The highest BCUT2D eigenvalue weighted by Gasteiger charge is 2.19. The summed E-state index contributed by atoms with van der Waals surface area (Å²) in [5.41, 5.74) is 6.62. The van der Waals surface area contributed by atoms with Crippen molar-refractivity contribution in [1.82, 2.24) is 15.1 Å². The van der Waals surface area contributed by atoms with Crippen molar-refractivity contribution in [3.05, 3.63) is 11.9 Å². The first-order chi connectivity index (χ1) is 9.08. The van der Waals surface area contributed by atoms with Gasteiger partial charge in [-0.2, -0.15) is 5.10 Å². The lowest BCUT2D eigenvalue weighted by Gasteiger charge is -2.26. The molecule has 1 fully saturated rings. The Hall–Kier alpha value is -1.52. The third-order valence-corrected chi connectivity index (χ3v) is 4.07. The number of rotatable bonds is 4. The van der Waals surface area contributed by atoms with Crippen LogP contribution in [-0.4, -0.2) is 22.2 Å². The molecule has 1 aliphatic rings. The van der Waals surface area contributed by atoms with E-state index in [1.807, 2.05) is 0 Å². The summed E-state index contributed by atoms with van der Waals surface area (Å²) in [6, 6.07) is 0. The summed E-state index contributed by atoms with van der Waals surface area (Å²) < 4.78 is 1.52. The molecule has 5 heteroatoms. The molecule has 106 valence electrons. The molecule has 1 aromatic rings. The van der Waals surface area contributed by atoms with E-state index < -0.39 is 0 Å². The Morgan fingerprint density at radius 1 is 1.58 bits per heavy atom.